The molecule has 0 aromatic heterocycles. The molecule has 20 heavy (non-hydrogen) atoms. The molecular weight excluding hydrogens is 274 g/mol. The zero-order valence-corrected chi connectivity index (χ0v) is 13.6. The lowest BCUT2D eigenvalue weighted by molar-refractivity contribution is 0.101. The van der Waals surface area contributed by atoms with E-state index >= 15 is 0 Å². The molecule has 0 saturated heterocycles. The number of ether oxygens (including phenoxy) is 1. The zero-order chi connectivity index (χ0) is 15.2. The van der Waals surface area contributed by atoms with Crippen molar-refractivity contribution >= 4 is 11.6 Å². The first-order chi connectivity index (χ1) is 9.31. The second-order valence-electron chi connectivity index (χ2n) is 6.19. The van der Waals surface area contributed by atoms with E-state index in [1.54, 1.807) is 24.3 Å². The van der Waals surface area contributed by atoms with Gasteiger partial charge in [-0.25, -0.2) is 0 Å². The molecule has 0 bridgehead atoms. The average molecular weight is 300 g/mol. The lowest BCUT2D eigenvalue weighted by Crippen LogP contribution is -2.39. The molecule has 1 aromatic carbocycles. The van der Waals surface area contributed by atoms with Crippen molar-refractivity contribution in [1.29, 1.82) is 0 Å². The standard InChI is InChI=1S/C16H26ClNO2/c1-12(2)16(3,4)11-18-9-14(19)10-20-15-7-5-13(17)6-8-15/h5-8,12,14,18-19H,9-11H2,1-4H3. The van der Waals surface area contributed by atoms with E-state index in [1.807, 2.05) is 0 Å². The minimum Gasteiger partial charge on any atom is -0.491 e. The SMILES string of the molecule is CC(C)C(C)(C)CNCC(O)COc1ccc(Cl)cc1. The van der Waals surface area contributed by atoms with E-state index in [-0.39, 0.29) is 12.0 Å². The number of nitrogens with one attached hydrogen (secondary N) is 1. The number of aliphatic hydroxyl groups excluding tert-OH is 1. The Hall–Kier alpha value is -0.770. The van der Waals surface area contributed by atoms with Crippen LogP contribution in [0.4, 0.5) is 0 Å². The van der Waals surface area contributed by atoms with Gasteiger partial charge in [-0.3, -0.25) is 0 Å². The Kier molecular flexibility index (Phi) is 6.80. The van der Waals surface area contributed by atoms with E-state index in [1.165, 1.54) is 0 Å². The molecule has 0 aliphatic heterocycles. The Morgan fingerprint density at radius 2 is 1.85 bits per heavy atom. The van der Waals surface area contributed by atoms with Crippen molar-refractivity contribution in [3.8, 4) is 5.75 Å². The summed E-state index contributed by atoms with van der Waals surface area (Å²) in [5.74, 6) is 1.31. The normalized spacial score (nSPS) is 13.6. The summed E-state index contributed by atoms with van der Waals surface area (Å²) in [5, 5.41) is 13.9. The molecule has 3 nitrogen and oxygen atoms in total. The van der Waals surface area contributed by atoms with Crippen LogP contribution in [0.2, 0.25) is 5.02 Å². The van der Waals surface area contributed by atoms with Crippen LogP contribution in [0, 0.1) is 11.3 Å². The van der Waals surface area contributed by atoms with Crippen LogP contribution < -0.4 is 10.1 Å². The Labute approximate surface area is 127 Å². The number of halogens is 1. The smallest absolute Gasteiger partial charge is 0.119 e. The van der Waals surface area contributed by atoms with Crippen LogP contribution >= 0.6 is 11.6 Å². The van der Waals surface area contributed by atoms with Crippen LogP contribution in [0.5, 0.6) is 5.75 Å². The van der Waals surface area contributed by atoms with Crippen molar-refractivity contribution in [2.45, 2.75) is 33.8 Å². The fourth-order valence-electron chi connectivity index (χ4n) is 1.55. The van der Waals surface area contributed by atoms with Crippen molar-refractivity contribution in [3.05, 3.63) is 29.3 Å². The maximum Gasteiger partial charge on any atom is 0.119 e. The van der Waals surface area contributed by atoms with Crippen LogP contribution in [0.1, 0.15) is 27.7 Å². The molecule has 0 aliphatic carbocycles. The number of hydrogen-bond acceptors (Lipinski definition) is 3. The summed E-state index contributed by atoms with van der Waals surface area (Å²) in [4.78, 5) is 0. The Bertz CT molecular complexity index is 390. The molecule has 0 saturated carbocycles. The van der Waals surface area contributed by atoms with Crippen LogP contribution in [0.15, 0.2) is 24.3 Å². The van der Waals surface area contributed by atoms with Crippen molar-refractivity contribution in [1.82, 2.24) is 5.32 Å². The minimum atomic E-state index is -0.520. The van der Waals surface area contributed by atoms with Gasteiger partial charge in [0.1, 0.15) is 18.5 Å². The fraction of sp³-hybridized carbons (Fsp3) is 0.625. The van der Waals surface area contributed by atoms with Gasteiger partial charge in [-0.05, 0) is 35.6 Å². The van der Waals surface area contributed by atoms with Gasteiger partial charge >= 0.3 is 0 Å². The van der Waals surface area contributed by atoms with Crippen molar-refractivity contribution in [2.24, 2.45) is 11.3 Å². The van der Waals surface area contributed by atoms with Crippen LogP contribution in [0.25, 0.3) is 0 Å². The third kappa shape index (κ3) is 6.12. The summed E-state index contributed by atoms with van der Waals surface area (Å²) in [7, 11) is 0. The number of rotatable bonds is 8. The monoisotopic (exact) mass is 299 g/mol. The summed E-state index contributed by atoms with van der Waals surface area (Å²) in [5.41, 5.74) is 0.219. The van der Waals surface area contributed by atoms with Gasteiger partial charge in [0.25, 0.3) is 0 Å². The van der Waals surface area contributed by atoms with Gasteiger partial charge in [-0.15, -0.1) is 0 Å². The molecule has 0 fully saturated rings. The Morgan fingerprint density at radius 1 is 1.25 bits per heavy atom. The summed E-state index contributed by atoms with van der Waals surface area (Å²) in [6, 6.07) is 7.13. The molecule has 2 N–H and O–H groups in total. The van der Waals surface area contributed by atoms with E-state index in [9.17, 15) is 5.11 Å². The number of benzene rings is 1. The lowest BCUT2D eigenvalue weighted by Gasteiger charge is -2.30. The van der Waals surface area contributed by atoms with E-state index in [0.717, 1.165) is 12.3 Å². The maximum atomic E-state index is 9.89. The highest BCUT2D eigenvalue weighted by atomic mass is 35.5. The highest BCUT2D eigenvalue weighted by molar-refractivity contribution is 6.30. The molecule has 1 rings (SSSR count). The van der Waals surface area contributed by atoms with Crippen LogP contribution in [-0.4, -0.2) is 30.9 Å². The fourth-order valence-corrected chi connectivity index (χ4v) is 1.67. The molecule has 0 radical (unpaired) electrons. The van der Waals surface area contributed by atoms with Gasteiger partial charge in [-0.1, -0.05) is 39.3 Å². The van der Waals surface area contributed by atoms with Crippen molar-refractivity contribution in [3.63, 3.8) is 0 Å². The Balaban J connectivity index is 2.24. The van der Waals surface area contributed by atoms with Crippen molar-refractivity contribution < 1.29 is 9.84 Å². The third-order valence-corrected chi connectivity index (χ3v) is 4.03. The lowest BCUT2D eigenvalue weighted by atomic mass is 9.81. The minimum absolute atomic E-state index is 0.219. The second-order valence-corrected chi connectivity index (χ2v) is 6.63. The second kappa shape index (κ2) is 7.87. The van der Waals surface area contributed by atoms with Crippen LogP contribution in [-0.2, 0) is 0 Å². The van der Waals surface area contributed by atoms with Gasteiger partial charge in [0.2, 0.25) is 0 Å². The van der Waals surface area contributed by atoms with Gasteiger partial charge in [0, 0.05) is 18.1 Å². The van der Waals surface area contributed by atoms with E-state index in [2.05, 4.69) is 33.0 Å². The molecule has 1 unspecified atom stereocenters. The summed E-state index contributed by atoms with van der Waals surface area (Å²) >= 11 is 5.80. The molecule has 0 heterocycles. The highest BCUT2D eigenvalue weighted by Crippen LogP contribution is 2.24. The van der Waals surface area contributed by atoms with E-state index < -0.39 is 6.10 Å². The predicted octanol–water partition coefficient (Wildman–Crippen LogP) is 3.35. The molecular formula is C16H26ClNO2. The van der Waals surface area contributed by atoms with Gasteiger partial charge in [0.05, 0.1) is 0 Å². The number of hydrogen-bond donors (Lipinski definition) is 2. The molecule has 1 aromatic rings. The number of aliphatic hydroxyl groups is 1. The molecule has 0 spiro atoms. The summed E-state index contributed by atoms with van der Waals surface area (Å²) in [6.45, 7) is 10.6. The summed E-state index contributed by atoms with van der Waals surface area (Å²) < 4.78 is 5.50. The first-order valence-electron chi connectivity index (χ1n) is 7.08. The first kappa shape index (κ1) is 17.3. The molecule has 114 valence electrons. The van der Waals surface area contributed by atoms with E-state index in [0.29, 0.717) is 17.5 Å². The predicted molar refractivity (Wildman–Crippen MR) is 84.4 cm³/mol. The third-order valence-electron chi connectivity index (χ3n) is 3.78. The molecule has 4 heteroatoms. The molecule has 0 amide bonds. The molecule has 1 atom stereocenters. The van der Waals surface area contributed by atoms with Gasteiger partial charge < -0.3 is 15.2 Å². The molecule has 0 aliphatic rings. The summed E-state index contributed by atoms with van der Waals surface area (Å²) in [6.07, 6.45) is -0.520. The van der Waals surface area contributed by atoms with Gasteiger partial charge in [-0.2, -0.15) is 0 Å². The van der Waals surface area contributed by atoms with Crippen molar-refractivity contribution in [2.75, 3.05) is 19.7 Å². The van der Waals surface area contributed by atoms with Crippen LogP contribution in [0.3, 0.4) is 0 Å². The topological polar surface area (TPSA) is 41.5 Å². The first-order valence-corrected chi connectivity index (χ1v) is 7.46. The largest absolute Gasteiger partial charge is 0.491 e. The average Bonchev–Trinajstić information content (AvgIpc) is 2.37. The highest BCUT2D eigenvalue weighted by Gasteiger charge is 2.21. The Morgan fingerprint density at radius 3 is 2.40 bits per heavy atom. The quantitative estimate of drug-likeness (QED) is 0.773. The zero-order valence-electron chi connectivity index (χ0n) is 12.8. The van der Waals surface area contributed by atoms with E-state index in [4.69, 9.17) is 16.3 Å². The maximum absolute atomic E-state index is 9.89. The van der Waals surface area contributed by atoms with Gasteiger partial charge in [0.15, 0.2) is 0 Å².